The summed E-state index contributed by atoms with van der Waals surface area (Å²) in [6.45, 7) is 4.18. The first-order chi connectivity index (χ1) is 10.9. The summed E-state index contributed by atoms with van der Waals surface area (Å²) in [5.41, 5.74) is 2.14. The average molecular weight is 363 g/mol. The number of hydrogen-bond acceptors (Lipinski definition) is 2. The maximum Gasteiger partial charge on any atom is 0.389 e. The van der Waals surface area contributed by atoms with Crippen molar-refractivity contribution in [1.29, 1.82) is 0 Å². The van der Waals surface area contributed by atoms with Gasteiger partial charge in [0.05, 0.1) is 12.5 Å². The number of carbonyl (C=O) groups excluding carboxylic acids is 1. The van der Waals surface area contributed by atoms with E-state index in [1.807, 2.05) is 31.2 Å². The van der Waals surface area contributed by atoms with Gasteiger partial charge in [-0.05, 0) is 24.0 Å². The molecule has 0 radical (unpaired) electrons. The lowest BCUT2D eigenvalue weighted by Crippen LogP contribution is -2.35. The second kappa shape index (κ2) is 7.31. The van der Waals surface area contributed by atoms with Crippen molar-refractivity contribution in [3.63, 3.8) is 0 Å². The highest BCUT2D eigenvalue weighted by Crippen LogP contribution is 2.44. The van der Waals surface area contributed by atoms with Crippen LogP contribution in [0.15, 0.2) is 24.3 Å². The summed E-state index contributed by atoms with van der Waals surface area (Å²) in [5, 5.41) is 3.34. The number of benzene rings is 1. The van der Waals surface area contributed by atoms with Crippen molar-refractivity contribution in [2.24, 2.45) is 11.8 Å². The lowest BCUT2D eigenvalue weighted by molar-refractivity contribution is -0.150. The highest BCUT2D eigenvalue weighted by atomic mass is 35.5. The summed E-state index contributed by atoms with van der Waals surface area (Å²) in [7, 11) is 0. The molecule has 0 spiro atoms. The Morgan fingerprint density at radius 1 is 1.29 bits per heavy atom. The number of amides is 1. The molecule has 2 aliphatic heterocycles. The van der Waals surface area contributed by atoms with Crippen LogP contribution in [0.5, 0.6) is 0 Å². The van der Waals surface area contributed by atoms with Crippen LogP contribution in [0.25, 0.3) is 0 Å². The van der Waals surface area contributed by atoms with Gasteiger partial charge in [0.25, 0.3) is 0 Å². The van der Waals surface area contributed by atoms with Gasteiger partial charge in [-0.25, -0.2) is 0 Å². The number of likely N-dealkylation sites (tertiary alicyclic amines) is 1. The van der Waals surface area contributed by atoms with Gasteiger partial charge in [0.2, 0.25) is 5.91 Å². The highest BCUT2D eigenvalue weighted by Gasteiger charge is 2.47. The van der Waals surface area contributed by atoms with Crippen LogP contribution in [0.1, 0.15) is 30.0 Å². The third-order valence-electron chi connectivity index (χ3n) is 5.01. The van der Waals surface area contributed by atoms with Gasteiger partial charge in [0.15, 0.2) is 0 Å². The summed E-state index contributed by atoms with van der Waals surface area (Å²) >= 11 is 0. The van der Waals surface area contributed by atoms with Crippen molar-refractivity contribution in [2.75, 3.05) is 19.6 Å². The van der Waals surface area contributed by atoms with Crippen molar-refractivity contribution in [3.05, 3.63) is 35.4 Å². The first kappa shape index (κ1) is 19.1. The maximum atomic E-state index is 12.4. The van der Waals surface area contributed by atoms with Crippen LogP contribution in [-0.4, -0.2) is 36.6 Å². The van der Waals surface area contributed by atoms with Crippen molar-refractivity contribution in [2.45, 2.75) is 32.0 Å². The molecule has 1 amide bonds. The van der Waals surface area contributed by atoms with E-state index in [0.717, 1.165) is 24.2 Å². The van der Waals surface area contributed by atoms with E-state index < -0.39 is 19.0 Å². The molecule has 0 aromatic heterocycles. The van der Waals surface area contributed by atoms with E-state index in [-0.39, 0.29) is 30.3 Å². The van der Waals surface area contributed by atoms with E-state index in [1.54, 1.807) is 4.90 Å². The Morgan fingerprint density at radius 2 is 2.00 bits per heavy atom. The van der Waals surface area contributed by atoms with Crippen molar-refractivity contribution in [1.82, 2.24) is 10.2 Å². The Bertz CT molecular complexity index is 593. The normalized spacial score (nSPS) is 26.2. The van der Waals surface area contributed by atoms with Gasteiger partial charge in [-0.15, -0.1) is 12.4 Å². The number of aryl methyl sites for hydroxylation is 1. The molecule has 2 aliphatic rings. The minimum Gasteiger partial charge on any atom is -0.335 e. The summed E-state index contributed by atoms with van der Waals surface area (Å²) in [6, 6.07) is 7.73. The number of nitrogens with zero attached hydrogens (tertiary/aromatic N) is 1. The van der Waals surface area contributed by atoms with Crippen molar-refractivity contribution < 1.29 is 18.0 Å². The van der Waals surface area contributed by atoms with Gasteiger partial charge in [-0.3, -0.25) is 4.79 Å². The summed E-state index contributed by atoms with van der Waals surface area (Å²) in [6.07, 6.45) is -5.79. The molecule has 0 bridgehead atoms. The standard InChI is InChI=1S/C17H21F3N2O.ClH/c1-11-4-2-3-5-13(11)16-14-9-21-8-12(14)10-22(16)15(23)6-7-17(18,19)20;/h2-5,12,14,16,21H,6-10H2,1H3;1H/t12-,14-,16+;/m0./s1. The molecule has 1 aromatic rings. The van der Waals surface area contributed by atoms with E-state index in [4.69, 9.17) is 0 Å². The lowest BCUT2D eigenvalue weighted by atomic mass is 9.87. The van der Waals surface area contributed by atoms with Gasteiger partial charge >= 0.3 is 6.18 Å². The molecule has 3 atom stereocenters. The second-order valence-corrected chi connectivity index (χ2v) is 6.54. The fourth-order valence-corrected chi connectivity index (χ4v) is 3.89. The van der Waals surface area contributed by atoms with E-state index in [2.05, 4.69) is 5.32 Å². The molecule has 7 heteroatoms. The number of nitrogens with one attached hydrogen (secondary N) is 1. The van der Waals surface area contributed by atoms with Gasteiger partial charge in [0.1, 0.15) is 0 Å². The minimum atomic E-state index is -4.29. The summed E-state index contributed by atoms with van der Waals surface area (Å²) < 4.78 is 37.3. The molecule has 0 aliphatic carbocycles. The molecule has 134 valence electrons. The fourth-order valence-electron chi connectivity index (χ4n) is 3.89. The number of carbonyl (C=O) groups is 1. The zero-order valence-corrected chi connectivity index (χ0v) is 14.3. The van der Waals surface area contributed by atoms with Crippen LogP contribution in [0, 0.1) is 18.8 Å². The van der Waals surface area contributed by atoms with E-state index in [0.29, 0.717) is 12.5 Å². The third kappa shape index (κ3) is 3.86. The molecule has 2 heterocycles. The molecular formula is C17H22ClF3N2O. The van der Waals surface area contributed by atoms with Crippen LogP contribution in [0.2, 0.25) is 0 Å². The van der Waals surface area contributed by atoms with Crippen LogP contribution in [0.4, 0.5) is 13.2 Å². The molecule has 0 saturated carbocycles. The minimum absolute atomic E-state index is 0. The Hall–Kier alpha value is -1.27. The largest absolute Gasteiger partial charge is 0.389 e. The smallest absolute Gasteiger partial charge is 0.335 e. The van der Waals surface area contributed by atoms with Gasteiger partial charge in [-0.1, -0.05) is 24.3 Å². The molecule has 3 rings (SSSR count). The fraction of sp³-hybridized carbons (Fsp3) is 0.588. The predicted molar refractivity (Wildman–Crippen MR) is 88.0 cm³/mol. The SMILES string of the molecule is Cc1ccccc1[C@@H]1[C@H]2CNC[C@H]2CN1C(=O)CCC(F)(F)F.Cl. The molecule has 2 saturated heterocycles. The Labute approximate surface area is 146 Å². The lowest BCUT2D eigenvalue weighted by Gasteiger charge is -2.29. The van der Waals surface area contributed by atoms with Crippen LogP contribution < -0.4 is 5.32 Å². The number of rotatable bonds is 3. The summed E-state index contributed by atoms with van der Waals surface area (Å²) in [4.78, 5) is 14.1. The predicted octanol–water partition coefficient (Wildman–Crippen LogP) is 3.48. The quantitative estimate of drug-likeness (QED) is 0.892. The zero-order chi connectivity index (χ0) is 16.6. The van der Waals surface area contributed by atoms with Crippen molar-refractivity contribution >= 4 is 18.3 Å². The van der Waals surface area contributed by atoms with E-state index in [1.165, 1.54) is 0 Å². The number of hydrogen-bond donors (Lipinski definition) is 1. The molecule has 2 fully saturated rings. The van der Waals surface area contributed by atoms with Crippen LogP contribution >= 0.6 is 12.4 Å². The summed E-state index contributed by atoms with van der Waals surface area (Å²) in [5.74, 6) is 0.227. The zero-order valence-electron chi connectivity index (χ0n) is 13.5. The first-order valence-electron chi connectivity index (χ1n) is 7.99. The molecule has 0 unspecified atom stereocenters. The van der Waals surface area contributed by atoms with Gasteiger partial charge in [0, 0.05) is 32.0 Å². The topological polar surface area (TPSA) is 32.3 Å². The molecule has 3 nitrogen and oxygen atoms in total. The Kier molecular flexibility index (Phi) is 5.81. The highest BCUT2D eigenvalue weighted by molar-refractivity contribution is 5.85. The average Bonchev–Trinajstić information content (AvgIpc) is 3.05. The third-order valence-corrected chi connectivity index (χ3v) is 5.01. The number of alkyl halides is 3. The molecule has 1 aromatic carbocycles. The molecule has 1 N–H and O–H groups in total. The maximum absolute atomic E-state index is 12.4. The van der Waals surface area contributed by atoms with Crippen molar-refractivity contribution in [3.8, 4) is 0 Å². The monoisotopic (exact) mass is 362 g/mol. The van der Waals surface area contributed by atoms with Crippen LogP contribution in [0.3, 0.4) is 0 Å². The van der Waals surface area contributed by atoms with E-state index in [9.17, 15) is 18.0 Å². The Morgan fingerprint density at radius 3 is 2.67 bits per heavy atom. The Balaban J connectivity index is 0.00000208. The molecule has 24 heavy (non-hydrogen) atoms. The molecular weight excluding hydrogens is 341 g/mol. The number of halogens is 4. The van der Waals surface area contributed by atoms with Gasteiger partial charge in [-0.2, -0.15) is 13.2 Å². The number of fused-ring (bicyclic) bond motifs is 1. The van der Waals surface area contributed by atoms with Gasteiger partial charge < -0.3 is 10.2 Å². The van der Waals surface area contributed by atoms with Crippen LogP contribution in [-0.2, 0) is 4.79 Å². The first-order valence-corrected chi connectivity index (χ1v) is 7.99. The second-order valence-electron chi connectivity index (χ2n) is 6.54. The van der Waals surface area contributed by atoms with E-state index >= 15 is 0 Å².